The van der Waals surface area contributed by atoms with Crippen molar-refractivity contribution in [2.75, 3.05) is 0 Å². The third-order valence-corrected chi connectivity index (χ3v) is 0.756. The summed E-state index contributed by atoms with van der Waals surface area (Å²) in [5, 5.41) is 8.63. The van der Waals surface area contributed by atoms with Gasteiger partial charge in [0.25, 0.3) is 0 Å². The number of phenolic OH excluding ortho intramolecular Hbond substituents is 1. The Morgan fingerprint density at radius 3 is 1.73 bits per heavy atom. The number of hydrogen-bond acceptors (Lipinski definition) is 2. The largest absolute Gasteiger partial charge is 0.508 e. The van der Waals surface area contributed by atoms with Crippen LogP contribution in [0.2, 0.25) is 0 Å². The fourth-order valence-electron chi connectivity index (χ4n) is 0.428. The Bertz CT molecular complexity index is 169. The van der Waals surface area contributed by atoms with E-state index >= 15 is 0 Å². The van der Waals surface area contributed by atoms with Crippen LogP contribution in [0.25, 0.3) is 0 Å². The van der Waals surface area contributed by atoms with Gasteiger partial charge in [0.05, 0.1) is 0 Å². The van der Waals surface area contributed by atoms with Crippen LogP contribution >= 0.6 is 0 Å². The first-order valence-electron chi connectivity index (χ1n) is 3.62. The van der Waals surface area contributed by atoms with E-state index in [2.05, 4.69) is 0 Å². The van der Waals surface area contributed by atoms with Crippen LogP contribution in [0.3, 0.4) is 0 Å². The summed E-state index contributed by atoms with van der Waals surface area (Å²) < 4.78 is 0. The van der Waals surface area contributed by atoms with E-state index in [1.807, 2.05) is 19.9 Å². The maximum atomic E-state index is 8.63. The summed E-state index contributed by atoms with van der Waals surface area (Å²) in [5.41, 5.74) is 5.11. The van der Waals surface area contributed by atoms with Gasteiger partial charge < -0.3 is 10.8 Å². The number of aromatic hydroxyl groups is 1. The molecule has 0 aliphatic carbocycles. The summed E-state index contributed by atoms with van der Waals surface area (Å²) in [6.07, 6.45) is 0. The van der Waals surface area contributed by atoms with Gasteiger partial charge in [-0.3, -0.25) is 0 Å². The lowest BCUT2D eigenvalue weighted by Crippen LogP contribution is -2.06. The zero-order valence-corrected chi connectivity index (χ0v) is 6.99. The van der Waals surface area contributed by atoms with E-state index in [-0.39, 0.29) is 0 Å². The van der Waals surface area contributed by atoms with Crippen LogP contribution in [-0.4, -0.2) is 11.1 Å². The highest BCUT2D eigenvalue weighted by Gasteiger charge is 1.74. The van der Waals surface area contributed by atoms with Crippen LogP contribution < -0.4 is 5.73 Å². The molecule has 0 saturated heterocycles. The van der Waals surface area contributed by atoms with Crippen LogP contribution in [0, 0.1) is 0 Å². The molecule has 1 aromatic carbocycles. The molecule has 0 heterocycles. The Morgan fingerprint density at radius 2 is 1.55 bits per heavy atom. The average Bonchev–Trinajstić information content (AvgIpc) is 1.87. The number of hydrogen-bond donors (Lipinski definition) is 2. The molecule has 2 nitrogen and oxygen atoms in total. The molecular formula is C9H15NO. The Hall–Kier alpha value is -1.02. The van der Waals surface area contributed by atoms with E-state index in [1.165, 1.54) is 0 Å². The number of para-hydroxylation sites is 1. The fraction of sp³-hybridized carbons (Fsp3) is 0.333. The minimum atomic E-state index is 0.322. The molecule has 0 unspecified atom stereocenters. The van der Waals surface area contributed by atoms with Gasteiger partial charge in [0.2, 0.25) is 0 Å². The maximum Gasteiger partial charge on any atom is 0.115 e. The predicted molar refractivity (Wildman–Crippen MR) is 47.4 cm³/mol. The highest BCUT2D eigenvalue weighted by Crippen LogP contribution is 2.02. The monoisotopic (exact) mass is 153 g/mol. The molecule has 62 valence electrons. The zero-order chi connectivity index (χ0) is 8.69. The Morgan fingerprint density at radius 1 is 1.18 bits per heavy atom. The normalized spacial score (nSPS) is 8.73. The molecule has 0 radical (unpaired) electrons. The van der Waals surface area contributed by atoms with Gasteiger partial charge >= 0.3 is 0 Å². The minimum absolute atomic E-state index is 0.322. The lowest BCUT2D eigenvalue weighted by molar-refractivity contribution is 0.475. The molecule has 3 N–H and O–H groups in total. The molecule has 1 rings (SSSR count). The second-order valence-corrected chi connectivity index (χ2v) is 2.58. The Balaban J connectivity index is 0.000000218. The van der Waals surface area contributed by atoms with Crippen molar-refractivity contribution in [2.45, 2.75) is 19.9 Å². The Labute approximate surface area is 67.7 Å². The molecule has 11 heavy (non-hydrogen) atoms. The van der Waals surface area contributed by atoms with Gasteiger partial charge in [0.1, 0.15) is 5.75 Å². The van der Waals surface area contributed by atoms with E-state index < -0.39 is 0 Å². The molecule has 0 spiro atoms. The third kappa shape index (κ3) is 8.98. The molecule has 0 aromatic heterocycles. The lowest BCUT2D eigenvalue weighted by atomic mass is 10.3. The second kappa shape index (κ2) is 5.74. The first-order chi connectivity index (χ1) is 5.13. The SMILES string of the molecule is CC(C)N.Oc1ccccc1. The molecule has 1 aromatic rings. The highest BCUT2D eigenvalue weighted by atomic mass is 16.3. The number of rotatable bonds is 0. The van der Waals surface area contributed by atoms with E-state index in [0.29, 0.717) is 11.8 Å². The van der Waals surface area contributed by atoms with Gasteiger partial charge in [-0.15, -0.1) is 0 Å². The number of nitrogens with two attached hydrogens (primary N) is 1. The van der Waals surface area contributed by atoms with Crippen molar-refractivity contribution < 1.29 is 5.11 Å². The summed E-state index contributed by atoms with van der Waals surface area (Å²) in [7, 11) is 0. The highest BCUT2D eigenvalue weighted by molar-refractivity contribution is 5.18. The van der Waals surface area contributed by atoms with Crippen LogP contribution in [0.5, 0.6) is 5.75 Å². The van der Waals surface area contributed by atoms with Gasteiger partial charge in [-0.05, 0) is 18.2 Å². The van der Waals surface area contributed by atoms with Crippen molar-refractivity contribution in [3.05, 3.63) is 30.3 Å². The molecule has 2 heteroatoms. The molecule has 0 saturated carbocycles. The van der Waals surface area contributed by atoms with Crippen molar-refractivity contribution in [1.82, 2.24) is 0 Å². The molecule has 0 aliphatic heterocycles. The van der Waals surface area contributed by atoms with E-state index in [9.17, 15) is 0 Å². The molecule has 0 aliphatic rings. The molecule has 0 fully saturated rings. The Kier molecular flexibility index (Phi) is 5.21. The van der Waals surface area contributed by atoms with Crippen molar-refractivity contribution in [2.24, 2.45) is 5.73 Å². The van der Waals surface area contributed by atoms with E-state index in [1.54, 1.807) is 24.3 Å². The van der Waals surface area contributed by atoms with Crippen LogP contribution in [-0.2, 0) is 0 Å². The summed E-state index contributed by atoms with van der Waals surface area (Å²) in [6, 6.07) is 9.05. The zero-order valence-electron chi connectivity index (χ0n) is 6.99. The van der Waals surface area contributed by atoms with Crippen molar-refractivity contribution >= 4 is 0 Å². The van der Waals surface area contributed by atoms with Gasteiger partial charge in [0, 0.05) is 0 Å². The summed E-state index contributed by atoms with van der Waals surface area (Å²) >= 11 is 0. The van der Waals surface area contributed by atoms with Crippen molar-refractivity contribution in [1.29, 1.82) is 0 Å². The van der Waals surface area contributed by atoms with Crippen LogP contribution in [0.15, 0.2) is 30.3 Å². The van der Waals surface area contributed by atoms with Crippen LogP contribution in [0.4, 0.5) is 0 Å². The van der Waals surface area contributed by atoms with Gasteiger partial charge in [-0.2, -0.15) is 0 Å². The van der Waals surface area contributed by atoms with Crippen LogP contribution in [0.1, 0.15) is 13.8 Å². The standard InChI is InChI=1S/C6H6O.C3H9N/c7-6-4-2-1-3-5-6;1-3(2)4/h1-5,7H;3H,4H2,1-2H3. The van der Waals surface area contributed by atoms with Gasteiger partial charge in [-0.25, -0.2) is 0 Å². The predicted octanol–water partition coefficient (Wildman–Crippen LogP) is 1.75. The van der Waals surface area contributed by atoms with E-state index in [0.717, 1.165) is 0 Å². The number of benzene rings is 1. The van der Waals surface area contributed by atoms with Gasteiger partial charge in [-0.1, -0.05) is 32.0 Å². The van der Waals surface area contributed by atoms with Crippen molar-refractivity contribution in [3.8, 4) is 5.75 Å². The maximum absolute atomic E-state index is 8.63. The first-order valence-corrected chi connectivity index (χ1v) is 3.62. The second-order valence-electron chi connectivity index (χ2n) is 2.58. The smallest absolute Gasteiger partial charge is 0.115 e. The first kappa shape index (κ1) is 9.98. The third-order valence-electron chi connectivity index (χ3n) is 0.756. The number of phenols is 1. The van der Waals surface area contributed by atoms with E-state index in [4.69, 9.17) is 10.8 Å². The average molecular weight is 153 g/mol. The topological polar surface area (TPSA) is 46.2 Å². The molecule has 0 atom stereocenters. The molecular weight excluding hydrogens is 138 g/mol. The van der Waals surface area contributed by atoms with Gasteiger partial charge in [0.15, 0.2) is 0 Å². The molecule has 0 amide bonds. The molecule has 0 bridgehead atoms. The summed E-state index contributed by atoms with van der Waals surface area (Å²) in [5.74, 6) is 0.322. The minimum Gasteiger partial charge on any atom is -0.508 e. The lowest BCUT2D eigenvalue weighted by Gasteiger charge is -1.82. The van der Waals surface area contributed by atoms with Crippen molar-refractivity contribution in [3.63, 3.8) is 0 Å². The quantitative estimate of drug-likeness (QED) is 0.596. The summed E-state index contributed by atoms with van der Waals surface area (Å²) in [4.78, 5) is 0. The summed E-state index contributed by atoms with van der Waals surface area (Å²) in [6.45, 7) is 3.89. The fourth-order valence-corrected chi connectivity index (χ4v) is 0.428.